The Hall–Kier alpha value is -3.64. The average Bonchev–Trinajstić information content (AvgIpc) is 3.20. The van der Waals surface area contributed by atoms with Gasteiger partial charge in [0.1, 0.15) is 5.69 Å². The van der Waals surface area contributed by atoms with E-state index < -0.39 is 0 Å². The molecule has 0 atom stereocenters. The van der Waals surface area contributed by atoms with Crippen molar-refractivity contribution in [3.05, 3.63) is 89.3 Å². The van der Waals surface area contributed by atoms with Crippen LogP contribution in [-0.4, -0.2) is 34.9 Å². The van der Waals surface area contributed by atoms with Crippen LogP contribution in [-0.2, 0) is 0 Å². The molecule has 30 heavy (non-hydrogen) atoms. The molecule has 0 spiro atoms. The van der Waals surface area contributed by atoms with Crippen LogP contribution in [0, 0.1) is 0 Å². The second-order valence-electron chi connectivity index (χ2n) is 6.74. The van der Waals surface area contributed by atoms with E-state index in [0.717, 1.165) is 22.0 Å². The summed E-state index contributed by atoms with van der Waals surface area (Å²) in [5, 5.41) is 7.08. The van der Waals surface area contributed by atoms with Crippen molar-refractivity contribution in [2.45, 2.75) is 0 Å². The van der Waals surface area contributed by atoms with E-state index in [1.807, 2.05) is 30.3 Å². The summed E-state index contributed by atoms with van der Waals surface area (Å²) in [7, 11) is 0. The minimum Gasteiger partial charge on any atom is -0.351 e. The van der Waals surface area contributed by atoms with Crippen molar-refractivity contribution in [2.24, 2.45) is 0 Å². The topological polar surface area (TPSA) is 86.9 Å². The third kappa shape index (κ3) is 4.50. The summed E-state index contributed by atoms with van der Waals surface area (Å²) in [6, 6.07) is 18.3. The molecule has 2 amide bonds. The number of carbonyl (C=O) groups is 2. The van der Waals surface area contributed by atoms with Gasteiger partial charge in [-0.15, -0.1) is 0 Å². The zero-order chi connectivity index (χ0) is 20.9. The highest BCUT2D eigenvalue weighted by Crippen LogP contribution is 2.20. The number of pyridine rings is 1. The third-order valence-electron chi connectivity index (χ3n) is 4.68. The van der Waals surface area contributed by atoms with E-state index in [0.29, 0.717) is 29.4 Å². The number of benzene rings is 2. The van der Waals surface area contributed by atoms with Crippen LogP contribution < -0.4 is 10.6 Å². The van der Waals surface area contributed by atoms with Crippen LogP contribution in [0.3, 0.4) is 0 Å². The second-order valence-corrected chi connectivity index (χ2v) is 7.18. The number of amides is 2. The molecule has 7 heteroatoms. The molecule has 2 aromatic heterocycles. The van der Waals surface area contributed by atoms with E-state index in [9.17, 15) is 9.59 Å². The Balaban J connectivity index is 1.27. The van der Waals surface area contributed by atoms with Crippen LogP contribution in [0.15, 0.2) is 73.1 Å². The fraction of sp³-hybridized carbons (Fsp3) is 0.0870. The molecule has 0 fully saturated rings. The van der Waals surface area contributed by atoms with Gasteiger partial charge in [0.15, 0.2) is 0 Å². The Morgan fingerprint density at radius 2 is 1.50 bits per heavy atom. The number of H-pyrrole nitrogens is 1. The lowest BCUT2D eigenvalue weighted by Gasteiger charge is -2.07. The normalized spacial score (nSPS) is 10.7. The first kappa shape index (κ1) is 19.7. The number of hydrogen-bond acceptors (Lipinski definition) is 3. The van der Waals surface area contributed by atoms with E-state index in [1.165, 1.54) is 0 Å². The number of aromatic nitrogens is 2. The summed E-state index contributed by atoms with van der Waals surface area (Å²) in [6.07, 6.45) is 3.46. The minimum atomic E-state index is -0.238. The largest absolute Gasteiger partial charge is 0.351 e. The number of hydrogen-bond donors (Lipinski definition) is 3. The van der Waals surface area contributed by atoms with Crippen LogP contribution in [0.1, 0.15) is 20.8 Å². The van der Waals surface area contributed by atoms with Crippen molar-refractivity contribution >= 4 is 34.3 Å². The molecular weight excluding hydrogens is 400 g/mol. The number of rotatable bonds is 6. The fourth-order valence-electron chi connectivity index (χ4n) is 3.13. The first-order chi connectivity index (χ1) is 14.6. The van der Waals surface area contributed by atoms with Gasteiger partial charge in [-0.1, -0.05) is 23.7 Å². The number of nitrogens with zero attached hydrogens (tertiary/aromatic N) is 1. The summed E-state index contributed by atoms with van der Waals surface area (Å²) in [4.78, 5) is 31.7. The smallest absolute Gasteiger partial charge is 0.267 e. The lowest BCUT2D eigenvalue weighted by Crippen LogP contribution is -2.34. The van der Waals surface area contributed by atoms with Crippen molar-refractivity contribution in [1.29, 1.82) is 0 Å². The molecule has 0 saturated carbocycles. The Kier molecular flexibility index (Phi) is 5.77. The molecule has 0 aliphatic rings. The second kappa shape index (κ2) is 8.80. The van der Waals surface area contributed by atoms with Gasteiger partial charge in [0.25, 0.3) is 11.8 Å². The molecule has 0 radical (unpaired) electrons. The van der Waals surface area contributed by atoms with Crippen molar-refractivity contribution in [3.8, 4) is 11.1 Å². The van der Waals surface area contributed by atoms with Gasteiger partial charge in [-0.3, -0.25) is 14.6 Å². The molecule has 150 valence electrons. The van der Waals surface area contributed by atoms with E-state index in [-0.39, 0.29) is 11.8 Å². The van der Waals surface area contributed by atoms with E-state index in [1.54, 1.807) is 42.7 Å². The number of aromatic amines is 1. The third-order valence-corrected chi connectivity index (χ3v) is 4.92. The molecule has 2 heterocycles. The summed E-state index contributed by atoms with van der Waals surface area (Å²) < 4.78 is 0. The summed E-state index contributed by atoms with van der Waals surface area (Å²) in [5.74, 6) is -0.427. The van der Waals surface area contributed by atoms with E-state index in [4.69, 9.17) is 11.6 Å². The molecule has 0 saturated heterocycles. The average molecular weight is 419 g/mol. The lowest BCUT2D eigenvalue weighted by molar-refractivity contribution is 0.0925. The molecule has 0 bridgehead atoms. The van der Waals surface area contributed by atoms with Gasteiger partial charge in [0.05, 0.1) is 0 Å². The van der Waals surface area contributed by atoms with Crippen LogP contribution in [0.5, 0.6) is 0 Å². The van der Waals surface area contributed by atoms with Crippen LogP contribution in [0.4, 0.5) is 0 Å². The molecule has 0 aliphatic carbocycles. The van der Waals surface area contributed by atoms with Gasteiger partial charge in [0.2, 0.25) is 0 Å². The standard InChI is InChI=1S/C23H19ClN4O2/c24-19-5-6-20-18(13-19)14-21(28-20)23(30)27-12-11-26-22(29)17-3-1-15(2-4-17)16-7-9-25-10-8-16/h1-10,13-14,28H,11-12H2,(H,26,29)(H,27,30). The zero-order valence-corrected chi connectivity index (χ0v) is 16.7. The molecule has 2 aromatic carbocycles. The highest BCUT2D eigenvalue weighted by Gasteiger charge is 2.10. The lowest BCUT2D eigenvalue weighted by atomic mass is 10.1. The number of carbonyl (C=O) groups excluding carboxylic acids is 2. The highest BCUT2D eigenvalue weighted by molar-refractivity contribution is 6.31. The summed E-state index contributed by atoms with van der Waals surface area (Å²) in [6.45, 7) is 0.637. The van der Waals surface area contributed by atoms with Crippen molar-refractivity contribution in [2.75, 3.05) is 13.1 Å². The van der Waals surface area contributed by atoms with Gasteiger partial charge >= 0.3 is 0 Å². The van der Waals surface area contributed by atoms with Crippen LogP contribution in [0.2, 0.25) is 5.02 Å². The van der Waals surface area contributed by atoms with Gasteiger partial charge in [-0.05, 0) is 59.7 Å². The maximum atomic E-state index is 12.3. The minimum absolute atomic E-state index is 0.189. The van der Waals surface area contributed by atoms with Crippen LogP contribution >= 0.6 is 11.6 Å². The first-order valence-electron chi connectivity index (χ1n) is 9.45. The summed E-state index contributed by atoms with van der Waals surface area (Å²) >= 11 is 5.97. The number of halogens is 1. The molecule has 6 nitrogen and oxygen atoms in total. The number of nitrogens with one attached hydrogen (secondary N) is 3. The maximum absolute atomic E-state index is 12.3. The Morgan fingerprint density at radius 3 is 2.23 bits per heavy atom. The Bertz CT molecular complexity index is 1190. The van der Waals surface area contributed by atoms with Crippen molar-refractivity contribution in [1.82, 2.24) is 20.6 Å². The quantitative estimate of drug-likeness (QED) is 0.413. The molecule has 3 N–H and O–H groups in total. The van der Waals surface area contributed by atoms with Crippen LogP contribution in [0.25, 0.3) is 22.0 Å². The number of fused-ring (bicyclic) bond motifs is 1. The predicted molar refractivity (Wildman–Crippen MR) is 118 cm³/mol. The molecular formula is C23H19ClN4O2. The molecule has 0 unspecified atom stereocenters. The fourth-order valence-corrected chi connectivity index (χ4v) is 3.31. The molecule has 0 aliphatic heterocycles. The van der Waals surface area contributed by atoms with Gasteiger partial charge in [0, 0.05) is 47.0 Å². The Labute approximate surface area is 178 Å². The first-order valence-corrected chi connectivity index (χ1v) is 9.83. The van der Waals surface area contributed by atoms with Crippen molar-refractivity contribution < 1.29 is 9.59 Å². The Morgan fingerprint density at radius 1 is 0.833 bits per heavy atom. The van der Waals surface area contributed by atoms with Gasteiger partial charge < -0.3 is 15.6 Å². The van der Waals surface area contributed by atoms with Gasteiger partial charge in [-0.25, -0.2) is 0 Å². The predicted octanol–water partition coefficient (Wildman–Crippen LogP) is 4.04. The SMILES string of the molecule is O=C(NCCNC(=O)c1cc2cc(Cl)ccc2[nH]1)c1ccc(-c2ccncc2)cc1. The monoisotopic (exact) mass is 418 g/mol. The maximum Gasteiger partial charge on any atom is 0.267 e. The zero-order valence-electron chi connectivity index (χ0n) is 16.0. The highest BCUT2D eigenvalue weighted by atomic mass is 35.5. The summed E-state index contributed by atoms with van der Waals surface area (Å²) in [5.41, 5.74) is 3.91. The van der Waals surface area contributed by atoms with Gasteiger partial charge in [-0.2, -0.15) is 0 Å². The molecule has 4 rings (SSSR count). The molecule has 4 aromatic rings. The van der Waals surface area contributed by atoms with Crippen molar-refractivity contribution in [3.63, 3.8) is 0 Å². The van der Waals surface area contributed by atoms with E-state index >= 15 is 0 Å². The van der Waals surface area contributed by atoms with E-state index in [2.05, 4.69) is 20.6 Å².